The van der Waals surface area contributed by atoms with E-state index in [1.165, 1.54) is 37.7 Å². The molecule has 2 nitrogen and oxygen atoms in total. The average Bonchev–Trinajstić information content (AvgIpc) is 2.82. The van der Waals surface area contributed by atoms with Crippen LogP contribution in [0.1, 0.15) is 60.6 Å². The summed E-state index contributed by atoms with van der Waals surface area (Å²) in [4.78, 5) is 13.5. The van der Waals surface area contributed by atoms with Gasteiger partial charge in [-0.1, -0.05) is 110 Å². The van der Waals surface area contributed by atoms with Crippen molar-refractivity contribution in [1.82, 2.24) is 5.32 Å². The van der Waals surface area contributed by atoms with Crippen LogP contribution < -0.4 is 5.32 Å². The number of hydrogen-bond acceptors (Lipinski definition) is 1. The maximum Gasteiger partial charge on any atom is 0.232 e. The zero-order chi connectivity index (χ0) is 20.6. The molecule has 1 aliphatic carbocycles. The van der Waals surface area contributed by atoms with Crippen molar-refractivity contribution in [2.75, 3.05) is 6.54 Å². The van der Waals surface area contributed by atoms with Crippen LogP contribution in [0.4, 0.5) is 0 Å². The molecule has 0 aromatic heterocycles. The predicted molar refractivity (Wildman–Crippen MR) is 123 cm³/mol. The third kappa shape index (κ3) is 4.99. The molecule has 3 aromatic carbocycles. The molecule has 1 N–H and O–H groups in total. The standard InChI is InChI=1S/C28H31NO/c30-28(27(24-17-9-3-10-18-24)25-19-11-4-12-20-25)29-21-26(22-13-5-1-6-14-22)23-15-7-2-8-16-23/h1,3-6,9-14,17-20,23,26-27H,2,7-8,15-16,21H2,(H,29,30). The Kier molecular flexibility index (Phi) is 6.97. The number of carbonyl (C=O) groups excluding carboxylic acids is 1. The second-order valence-electron chi connectivity index (χ2n) is 8.41. The number of amides is 1. The number of carbonyl (C=O) groups is 1. The van der Waals surface area contributed by atoms with Crippen LogP contribution in [0.15, 0.2) is 91.0 Å². The van der Waals surface area contributed by atoms with Gasteiger partial charge in [-0.05, 0) is 35.4 Å². The summed E-state index contributed by atoms with van der Waals surface area (Å²) in [6.45, 7) is 0.698. The van der Waals surface area contributed by atoms with Crippen LogP contribution in [0.3, 0.4) is 0 Å². The van der Waals surface area contributed by atoms with Crippen LogP contribution in [-0.4, -0.2) is 12.5 Å². The van der Waals surface area contributed by atoms with Crippen LogP contribution in [-0.2, 0) is 4.79 Å². The van der Waals surface area contributed by atoms with Crippen LogP contribution >= 0.6 is 0 Å². The van der Waals surface area contributed by atoms with Crippen molar-refractivity contribution in [3.63, 3.8) is 0 Å². The number of benzene rings is 3. The highest BCUT2D eigenvalue weighted by molar-refractivity contribution is 5.87. The molecule has 0 heterocycles. The first kappa shape index (κ1) is 20.4. The van der Waals surface area contributed by atoms with Gasteiger partial charge in [-0.15, -0.1) is 0 Å². The molecular formula is C28H31NO. The van der Waals surface area contributed by atoms with Crippen molar-refractivity contribution >= 4 is 5.91 Å². The fourth-order valence-corrected chi connectivity index (χ4v) is 4.89. The molecular weight excluding hydrogens is 366 g/mol. The molecule has 0 aliphatic heterocycles. The van der Waals surface area contributed by atoms with Crippen molar-refractivity contribution in [3.05, 3.63) is 108 Å². The van der Waals surface area contributed by atoms with E-state index >= 15 is 0 Å². The highest BCUT2D eigenvalue weighted by Crippen LogP contribution is 2.36. The topological polar surface area (TPSA) is 29.1 Å². The van der Waals surface area contributed by atoms with Crippen molar-refractivity contribution in [2.24, 2.45) is 5.92 Å². The lowest BCUT2D eigenvalue weighted by molar-refractivity contribution is -0.121. The quantitative estimate of drug-likeness (QED) is 0.498. The Bertz CT molecular complexity index is 862. The normalized spacial score (nSPS) is 15.6. The van der Waals surface area contributed by atoms with E-state index in [-0.39, 0.29) is 11.8 Å². The minimum Gasteiger partial charge on any atom is -0.355 e. The highest BCUT2D eigenvalue weighted by Gasteiger charge is 2.28. The van der Waals surface area contributed by atoms with E-state index in [1.807, 2.05) is 60.7 Å². The number of nitrogens with one attached hydrogen (secondary N) is 1. The molecule has 0 spiro atoms. The van der Waals surface area contributed by atoms with Gasteiger partial charge < -0.3 is 5.32 Å². The van der Waals surface area contributed by atoms with Crippen LogP contribution in [0.5, 0.6) is 0 Å². The Morgan fingerprint density at radius 3 is 1.67 bits per heavy atom. The first-order valence-corrected chi connectivity index (χ1v) is 11.3. The fourth-order valence-electron chi connectivity index (χ4n) is 4.89. The molecule has 4 rings (SSSR count). The molecule has 1 unspecified atom stereocenters. The molecule has 1 fully saturated rings. The molecule has 1 amide bonds. The third-order valence-corrected chi connectivity index (χ3v) is 6.47. The van der Waals surface area contributed by atoms with Gasteiger partial charge in [0, 0.05) is 12.5 Å². The van der Waals surface area contributed by atoms with E-state index in [0.29, 0.717) is 18.4 Å². The first-order valence-electron chi connectivity index (χ1n) is 11.3. The van der Waals surface area contributed by atoms with Gasteiger partial charge in [0.15, 0.2) is 0 Å². The summed E-state index contributed by atoms with van der Waals surface area (Å²) in [6, 6.07) is 31.0. The number of hydrogen-bond donors (Lipinski definition) is 1. The lowest BCUT2D eigenvalue weighted by atomic mass is 9.76. The van der Waals surface area contributed by atoms with Crippen LogP contribution in [0.25, 0.3) is 0 Å². The Morgan fingerprint density at radius 1 is 0.700 bits per heavy atom. The maximum absolute atomic E-state index is 13.5. The molecule has 1 atom stereocenters. The fraction of sp³-hybridized carbons (Fsp3) is 0.321. The third-order valence-electron chi connectivity index (χ3n) is 6.47. The van der Waals surface area contributed by atoms with Gasteiger partial charge in [0.05, 0.1) is 5.92 Å². The Morgan fingerprint density at radius 2 is 1.17 bits per heavy atom. The minimum absolute atomic E-state index is 0.0872. The van der Waals surface area contributed by atoms with Crippen molar-refractivity contribution in [3.8, 4) is 0 Å². The van der Waals surface area contributed by atoms with Gasteiger partial charge in [0.25, 0.3) is 0 Å². The van der Waals surface area contributed by atoms with Gasteiger partial charge in [0.1, 0.15) is 0 Å². The van der Waals surface area contributed by atoms with E-state index in [9.17, 15) is 4.79 Å². The molecule has 3 aromatic rings. The van der Waals surface area contributed by atoms with Gasteiger partial charge in [-0.2, -0.15) is 0 Å². The van der Waals surface area contributed by atoms with Gasteiger partial charge >= 0.3 is 0 Å². The summed E-state index contributed by atoms with van der Waals surface area (Å²) < 4.78 is 0. The van der Waals surface area contributed by atoms with E-state index in [1.54, 1.807) is 0 Å². The van der Waals surface area contributed by atoms with E-state index in [0.717, 1.165) is 11.1 Å². The highest BCUT2D eigenvalue weighted by atomic mass is 16.1. The van der Waals surface area contributed by atoms with Gasteiger partial charge in [-0.25, -0.2) is 0 Å². The Hall–Kier alpha value is -2.87. The van der Waals surface area contributed by atoms with Crippen molar-refractivity contribution in [1.29, 1.82) is 0 Å². The summed E-state index contributed by atoms with van der Waals surface area (Å²) >= 11 is 0. The lowest BCUT2D eigenvalue weighted by Crippen LogP contribution is -2.35. The van der Waals surface area contributed by atoms with E-state index < -0.39 is 0 Å². The molecule has 2 heteroatoms. The smallest absolute Gasteiger partial charge is 0.232 e. The van der Waals surface area contributed by atoms with E-state index in [2.05, 4.69) is 35.6 Å². The second-order valence-corrected chi connectivity index (χ2v) is 8.41. The molecule has 154 valence electrons. The zero-order valence-electron chi connectivity index (χ0n) is 17.5. The molecule has 0 bridgehead atoms. The van der Waals surface area contributed by atoms with Crippen molar-refractivity contribution < 1.29 is 4.79 Å². The SMILES string of the molecule is O=C(NCC(c1ccccc1)C1CCCCC1)C(c1ccccc1)c1ccccc1. The summed E-state index contributed by atoms with van der Waals surface area (Å²) in [5.74, 6) is 0.829. The average molecular weight is 398 g/mol. The first-order chi connectivity index (χ1) is 14.8. The van der Waals surface area contributed by atoms with Crippen molar-refractivity contribution in [2.45, 2.75) is 43.9 Å². The molecule has 0 radical (unpaired) electrons. The predicted octanol–water partition coefficient (Wildman–Crippen LogP) is 6.30. The summed E-state index contributed by atoms with van der Waals surface area (Å²) in [6.07, 6.45) is 6.47. The molecule has 0 saturated heterocycles. The minimum atomic E-state index is -0.282. The summed E-state index contributed by atoms with van der Waals surface area (Å²) in [5.41, 5.74) is 3.42. The zero-order valence-corrected chi connectivity index (χ0v) is 17.5. The van der Waals surface area contributed by atoms with Crippen LogP contribution in [0, 0.1) is 5.92 Å². The Balaban J connectivity index is 1.55. The summed E-state index contributed by atoms with van der Waals surface area (Å²) in [5, 5.41) is 3.34. The van der Waals surface area contributed by atoms with Crippen LogP contribution in [0.2, 0.25) is 0 Å². The molecule has 1 saturated carbocycles. The molecule has 30 heavy (non-hydrogen) atoms. The van der Waals surface area contributed by atoms with E-state index in [4.69, 9.17) is 0 Å². The largest absolute Gasteiger partial charge is 0.355 e. The van der Waals surface area contributed by atoms with Gasteiger partial charge in [0.2, 0.25) is 5.91 Å². The van der Waals surface area contributed by atoms with Gasteiger partial charge in [-0.3, -0.25) is 4.79 Å². The number of rotatable bonds is 7. The second kappa shape index (κ2) is 10.2. The molecule has 1 aliphatic rings. The Labute approximate surface area is 180 Å². The summed E-state index contributed by atoms with van der Waals surface area (Å²) in [7, 11) is 0. The maximum atomic E-state index is 13.5. The monoisotopic (exact) mass is 397 g/mol. The lowest BCUT2D eigenvalue weighted by Gasteiger charge is -2.31.